The van der Waals surface area contributed by atoms with Crippen molar-refractivity contribution in [3.8, 4) is 0 Å². The molecule has 0 aliphatic heterocycles. The highest BCUT2D eigenvalue weighted by atomic mass is 32.2. The summed E-state index contributed by atoms with van der Waals surface area (Å²) in [5.41, 5.74) is 0. The molecule has 0 aliphatic rings. The predicted molar refractivity (Wildman–Crippen MR) is 40.9 cm³/mol. The molecule has 0 bridgehead atoms. The van der Waals surface area contributed by atoms with Gasteiger partial charge in [0.15, 0.2) is 0 Å². The molecular formula is C6H9NO4S. The molecule has 0 saturated heterocycles. The lowest BCUT2D eigenvalue weighted by atomic mass is 10.5. The lowest BCUT2D eigenvalue weighted by Crippen LogP contribution is -2.17. The number of furan rings is 1. The number of aliphatic hydroxyl groups is 1. The summed E-state index contributed by atoms with van der Waals surface area (Å²) >= 11 is 0. The molecule has 0 aromatic carbocycles. The van der Waals surface area contributed by atoms with Crippen molar-refractivity contribution < 1.29 is 17.9 Å². The number of aliphatic hydroxyl groups excluding tert-OH is 1. The number of hydrogen-bond donors (Lipinski definition) is 2. The SMILES string of the molecule is CNS(=O)(=O)c1ccc(CO)o1. The zero-order valence-electron chi connectivity index (χ0n) is 6.44. The van der Waals surface area contributed by atoms with Gasteiger partial charge in [0.2, 0.25) is 5.09 Å². The maximum atomic E-state index is 11.0. The molecule has 12 heavy (non-hydrogen) atoms. The average molecular weight is 191 g/mol. The van der Waals surface area contributed by atoms with Crippen LogP contribution in [-0.2, 0) is 16.6 Å². The number of sulfonamides is 1. The Bertz CT molecular complexity index is 353. The van der Waals surface area contributed by atoms with Crippen LogP contribution in [0, 0.1) is 0 Å². The third-order valence-corrected chi connectivity index (χ3v) is 2.61. The summed E-state index contributed by atoms with van der Waals surface area (Å²) < 4.78 is 29.0. The quantitative estimate of drug-likeness (QED) is 0.686. The van der Waals surface area contributed by atoms with E-state index in [1.54, 1.807) is 0 Å². The molecule has 0 spiro atoms. The van der Waals surface area contributed by atoms with Crippen molar-refractivity contribution >= 4 is 10.0 Å². The van der Waals surface area contributed by atoms with E-state index in [4.69, 9.17) is 9.52 Å². The second-order valence-electron chi connectivity index (χ2n) is 2.09. The van der Waals surface area contributed by atoms with Gasteiger partial charge >= 0.3 is 0 Å². The van der Waals surface area contributed by atoms with Gasteiger partial charge < -0.3 is 9.52 Å². The fourth-order valence-corrected chi connectivity index (χ4v) is 1.35. The summed E-state index contributed by atoms with van der Waals surface area (Å²) in [6.07, 6.45) is 0. The molecule has 0 unspecified atom stereocenters. The molecule has 5 nitrogen and oxygen atoms in total. The monoisotopic (exact) mass is 191 g/mol. The zero-order valence-corrected chi connectivity index (χ0v) is 7.26. The second kappa shape index (κ2) is 3.26. The summed E-state index contributed by atoms with van der Waals surface area (Å²) in [5, 5.41) is 8.39. The second-order valence-corrected chi connectivity index (χ2v) is 3.90. The van der Waals surface area contributed by atoms with Gasteiger partial charge in [-0.3, -0.25) is 0 Å². The first kappa shape index (κ1) is 9.24. The van der Waals surface area contributed by atoms with E-state index in [1.807, 2.05) is 0 Å². The Balaban J connectivity index is 3.05. The fourth-order valence-electron chi connectivity index (χ4n) is 0.688. The first-order valence-electron chi connectivity index (χ1n) is 3.23. The summed E-state index contributed by atoms with van der Waals surface area (Å²) in [6, 6.07) is 2.70. The highest BCUT2D eigenvalue weighted by molar-refractivity contribution is 7.89. The van der Waals surface area contributed by atoms with Gasteiger partial charge in [0, 0.05) is 0 Å². The summed E-state index contributed by atoms with van der Waals surface area (Å²) in [5.74, 6) is 0.226. The van der Waals surface area contributed by atoms with Crippen LogP contribution in [0.1, 0.15) is 5.76 Å². The highest BCUT2D eigenvalue weighted by Gasteiger charge is 2.15. The van der Waals surface area contributed by atoms with Gasteiger partial charge in [0.1, 0.15) is 12.4 Å². The third-order valence-electron chi connectivity index (χ3n) is 1.33. The van der Waals surface area contributed by atoms with Gasteiger partial charge in [-0.2, -0.15) is 0 Å². The molecule has 0 atom stereocenters. The molecular weight excluding hydrogens is 182 g/mol. The summed E-state index contributed by atoms with van der Waals surface area (Å²) in [4.78, 5) is 0. The fraction of sp³-hybridized carbons (Fsp3) is 0.333. The van der Waals surface area contributed by atoms with E-state index < -0.39 is 10.0 Å². The first-order chi connectivity index (χ1) is 5.60. The Morgan fingerprint density at radius 2 is 2.25 bits per heavy atom. The van der Waals surface area contributed by atoms with Gasteiger partial charge in [0.05, 0.1) is 0 Å². The Labute approximate surface area is 70.1 Å². The van der Waals surface area contributed by atoms with Crippen LogP contribution in [0.2, 0.25) is 0 Å². The summed E-state index contributed by atoms with van der Waals surface area (Å²) in [6.45, 7) is -0.306. The topological polar surface area (TPSA) is 79.5 Å². The van der Waals surface area contributed by atoms with Gasteiger partial charge in [-0.1, -0.05) is 0 Å². The molecule has 0 radical (unpaired) electrons. The van der Waals surface area contributed by atoms with Crippen LogP contribution in [0.25, 0.3) is 0 Å². The van der Waals surface area contributed by atoms with E-state index in [1.165, 1.54) is 19.2 Å². The lowest BCUT2D eigenvalue weighted by molar-refractivity contribution is 0.236. The van der Waals surface area contributed by atoms with Crippen molar-refractivity contribution in [2.45, 2.75) is 11.7 Å². The van der Waals surface area contributed by atoms with Gasteiger partial charge in [-0.05, 0) is 19.2 Å². The Hall–Kier alpha value is -0.850. The molecule has 0 saturated carbocycles. The Morgan fingerprint density at radius 1 is 1.58 bits per heavy atom. The maximum absolute atomic E-state index is 11.0. The average Bonchev–Trinajstić information content (AvgIpc) is 2.52. The summed E-state index contributed by atoms with van der Waals surface area (Å²) in [7, 11) is -2.23. The predicted octanol–water partition coefficient (Wildman–Crippen LogP) is -0.320. The minimum atomic E-state index is -3.52. The van der Waals surface area contributed by atoms with Crippen molar-refractivity contribution in [3.63, 3.8) is 0 Å². The largest absolute Gasteiger partial charge is 0.446 e. The molecule has 68 valence electrons. The molecule has 2 N–H and O–H groups in total. The van der Waals surface area contributed by atoms with Crippen LogP contribution in [-0.4, -0.2) is 20.6 Å². The smallest absolute Gasteiger partial charge is 0.273 e. The zero-order chi connectivity index (χ0) is 9.19. The molecule has 1 heterocycles. The molecule has 0 fully saturated rings. The van der Waals surface area contributed by atoms with Crippen molar-refractivity contribution in [1.29, 1.82) is 0 Å². The van der Waals surface area contributed by atoms with Crippen LogP contribution in [0.3, 0.4) is 0 Å². The highest BCUT2D eigenvalue weighted by Crippen LogP contribution is 2.12. The maximum Gasteiger partial charge on any atom is 0.273 e. The van der Waals surface area contributed by atoms with Gasteiger partial charge in [0.25, 0.3) is 10.0 Å². The van der Waals surface area contributed by atoms with E-state index in [9.17, 15) is 8.42 Å². The van der Waals surface area contributed by atoms with Crippen LogP contribution in [0.15, 0.2) is 21.6 Å². The van der Waals surface area contributed by atoms with Crippen LogP contribution < -0.4 is 4.72 Å². The van der Waals surface area contributed by atoms with E-state index in [-0.39, 0.29) is 17.5 Å². The third kappa shape index (κ3) is 1.66. The van der Waals surface area contributed by atoms with Crippen molar-refractivity contribution in [1.82, 2.24) is 4.72 Å². The van der Waals surface area contributed by atoms with Gasteiger partial charge in [-0.15, -0.1) is 0 Å². The van der Waals surface area contributed by atoms with Crippen LogP contribution in [0.5, 0.6) is 0 Å². The number of nitrogens with one attached hydrogen (secondary N) is 1. The van der Waals surface area contributed by atoms with Crippen LogP contribution >= 0.6 is 0 Å². The van der Waals surface area contributed by atoms with E-state index in [2.05, 4.69) is 4.72 Å². The Morgan fingerprint density at radius 3 is 2.67 bits per heavy atom. The van der Waals surface area contributed by atoms with Gasteiger partial charge in [-0.25, -0.2) is 13.1 Å². The molecule has 6 heteroatoms. The minimum Gasteiger partial charge on any atom is -0.446 e. The van der Waals surface area contributed by atoms with Crippen molar-refractivity contribution in [2.24, 2.45) is 0 Å². The molecule has 0 aliphatic carbocycles. The molecule has 1 rings (SSSR count). The van der Waals surface area contributed by atoms with Crippen molar-refractivity contribution in [3.05, 3.63) is 17.9 Å². The number of hydrogen-bond acceptors (Lipinski definition) is 4. The first-order valence-corrected chi connectivity index (χ1v) is 4.71. The molecule has 1 aromatic heterocycles. The van der Waals surface area contributed by atoms with E-state index in [0.29, 0.717) is 0 Å². The standard InChI is InChI=1S/C6H9NO4S/c1-7-12(9,10)6-3-2-5(4-8)11-6/h2-3,7-8H,4H2,1H3. The normalized spacial score (nSPS) is 11.8. The minimum absolute atomic E-state index is 0.186. The van der Waals surface area contributed by atoms with E-state index in [0.717, 1.165) is 0 Å². The van der Waals surface area contributed by atoms with Crippen molar-refractivity contribution in [2.75, 3.05) is 7.05 Å². The molecule has 1 aromatic rings. The lowest BCUT2D eigenvalue weighted by Gasteiger charge is -1.95. The Kier molecular flexibility index (Phi) is 2.51. The van der Waals surface area contributed by atoms with E-state index >= 15 is 0 Å². The number of rotatable bonds is 3. The molecule has 0 amide bonds. The van der Waals surface area contributed by atoms with Crippen LogP contribution in [0.4, 0.5) is 0 Å².